The normalized spacial score (nSPS) is 32.0. The lowest BCUT2D eigenvalue weighted by atomic mass is 9.79. The summed E-state index contributed by atoms with van der Waals surface area (Å²) in [5.41, 5.74) is 0. The second-order valence-corrected chi connectivity index (χ2v) is 9.10. The third kappa shape index (κ3) is 5.28. The average Bonchev–Trinajstić information content (AvgIpc) is 2.82. The van der Waals surface area contributed by atoms with Crippen LogP contribution in [0.15, 0.2) is 0 Å². The fourth-order valence-electron chi connectivity index (χ4n) is 3.63. The minimum Gasteiger partial charge on any atom is -0.356 e. The van der Waals surface area contributed by atoms with Gasteiger partial charge in [0.2, 0.25) is 5.91 Å². The number of carbonyl (C=O) groups is 1. The van der Waals surface area contributed by atoms with Crippen LogP contribution in [0, 0.1) is 17.8 Å². The molecule has 2 rings (SSSR count). The number of hydrogen-bond donors (Lipinski definition) is 1. The van der Waals surface area contributed by atoms with E-state index in [4.69, 9.17) is 0 Å². The summed E-state index contributed by atoms with van der Waals surface area (Å²) in [4.78, 5) is 12.2. The van der Waals surface area contributed by atoms with Gasteiger partial charge in [-0.2, -0.15) is 0 Å². The van der Waals surface area contributed by atoms with E-state index in [1.807, 2.05) is 0 Å². The van der Waals surface area contributed by atoms with Gasteiger partial charge in [-0.3, -0.25) is 4.79 Å². The van der Waals surface area contributed by atoms with Crippen LogP contribution in [0.25, 0.3) is 0 Å². The maximum absolute atomic E-state index is 12.2. The Kier molecular flexibility index (Phi) is 6.08. The second kappa shape index (κ2) is 7.61. The van der Waals surface area contributed by atoms with Crippen molar-refractivity contribution in [2.45, 2.75) is 58.3 Å². The zero-order chi connectivity index (χ0) is 15.3. The lowest BCUT2D eigenvalue weighted by Crippen LogP contribution is -2.36. The van der Waals surface area contributed by atoms with Crippen molar-refractivity contribution in [1.82, 2.24) is 5.32 Å². The van der Waals surface area contributed by atoms with E-state index < -0.39 is 9.84 Å². The highest BCUT2D eigenvalue weighted by Gasteiger charge is 2.30. The molecule has 1 N–H and O–H groups in total. The number of amides is 1. The molecule has 122 valence electrons. The Morgan fingerprint density at radius 3 is 2.38 bits per heavy atom. The van der Waals surface area contributed by atoms with Gasteiger partial charge in [-0.05, 0) is 43.9 Å². The Morgan fingerprint density at radius 1 is 1.10 bits per heavy atom. The summed E-state index contributed by atoms with van der Waals surface area (Å²) in [6, 6.07) is 0. The summed E-state index contributed by atoms with van der Waals surface area (Å²) in [5.74, 6) is 1.77. The van der Waals surface area contributed by atoms with Gasteiger partial charge in [0, 0.05) is 12.5 Å². The molecule has 1 saturated carbocycles. The van der Waals surface area contributed by atoms with Crippen molar-refractivity contribution in [1.29, 1.82) is 0 Å². The van der Waals surface area contributed by atoms with Crippen LogP contribution in [0.1, 0.15) is 58.3 Å². The molecule has 1 aliphatic carbocycles. The van der Waals surface area contributed by atoms with Crippen molar-refractivity contribution < 1.29 is 13.2 Å². The molecule has 4 nitrogen and oxygen atoms in total. The molecule has 21 heavy (non-hydrogen) atoms. The van der Waals surface area contributed by atoms with Crippen LogP contribution in [0.4, 0.5) is 0 Å². The smallest absolute Gasteiger partial charge is 0.223 e. The van der Waals surface area contributed by atoms with Crippen molar-refractivity contribution in [3.8, 4) is 0 Å². The Morgan fingerprint density at radius 2 is 1.81 bits per heavy atom. The van der Waals surface area contributed by atoms with Crippen molar-refractivity contribution in [3.63, 3.8) is 0 Å². The first kappa shape index (κ1) is 16.8. The summed E-state index contributed by atoms with van der Waals surface area (Å²) in [6.07, 6.45) is 8.93. The highest BCUT2D eigenvalue weighted by molar-refractivity contribution is 7.91. The molecule has 1 unspecified atom stereocenters. The quantitative estimate of drug-likeness (QED) is 0.819. The first-order valence-electron chi connectivity index (χ1n) is 8.48. The Balaban J connectivity index is 1.66. The van der Waals surface area contributed by atoms with Crippen molar-refractivity contribution in [3.05, 3.63) is 0 Å². The molecule has 1 aliphatic heterocycles. The minimum absolute atomic E-state index is 0.125. The molecule has 1 atom stereocenters. The zero-order valence-corrected chi connectivity index (χ0v) is 14.0. The van der Waals surface area contributed by atoms with E-state index >= 15 is 0 Å². The summed E-state index contributed by atoms with van der Waals surface area (Å²) < 4.78 is 22.8. The molecule has 2 aliphatic rings. The van der Waals surface area contributed by atoms with Gasteiger partial charge in [-0.25, -0.2) is 8.42 Å². The summed E-state index contributed by atoms with van der Waals surface area (Å²) in [5, 5.41) is 2.99. The number of unbranched alkanes of at least 4 members (excludes halogenated alkanes) is 1. The molecular formula is C16H29NO3S. The molecule has 2 fully saturated rings. The summed E-state index contributed by atoms with van der Waals surface area (Å²) in [7, 11) is -2.84. The zero-order valence-electron chi connectivity index (χ0n) is 13.1. The van der Waals surface area contributed by atoms with E-state index in [0.717, 1.165) is 18.8 Å². The van der Waals surface area contributed by atoms with Gasteiger partial charge in [0.1, 0.15) is 0 Å². The number of rotatable bonds is 6. The van der Waals surface area contributed by atoms with Crippen LogP contribution in [0.3, 0.4) is 0 Å². The highest BCUT2D eigenvalue weighted by Crippen LogP contribution is 2.32. The number of carbonyl (C=O) groups excluding carboxylic acids is 1. The predicted octanol–water partition coefficient (Wildman–Crippen LogP) is 2.53. The van der Waals surface area contributed by atoms with Crippen LogP contribution in [-0.2, 0) is 14.6 Å². The molecule has 1 heterocycles. The lowest BCUT2D eigenvalue weighted by Gasteiger charge is -2.28. The minimum atomic E-state index is -2.84. The third-order valence-corrected chi connectivity index (χ3v) is 6.91. The topological polar surface area (TPSA) is 63.2 Å². The van der Waals surface area contributed by atoms with Crippen LogP contribution in [0.5, 0.6) is 0 Å². The predicted molar refractivity (Wildman–Crippen MR) is 84.7 cm³/mol. The average molecular weight is 315 g/mol. The molecule has 0 aromatic heterocycles. The fraction of sp³-hybridized carbons (Fsp3) is 0.938. The standard InChI is InChI=1S/C16H29NO3S/c1-2-3-4-13-5-7-15(8-6-13)16(18)17-11-14-9-10-21(19,20)12-14/h13-15H,2-12H2,1H3,(H,17,18). The molecule has 0 aromatic carbocycles. The van der Waals surface area contributed by atoms with E-state index in [0.29, 0.717) is 13.0 Å². The van der Waals surface area contributed by atoms with Gasteiger partial charge >= 0.3 is 0 Å². The first-order valence-corrected chi connectivity index (χ1v) is 10.3. The lowest BCUT2D eigenvalue weighted by molar-refractivity contribution is -0.126. The molecule has 0 radical (unpaired) electrons. The maximum atomic E-state index is 12.2. The molecule has 0 aromatic rings. The van der Waals surface area contributed by atoms with E-state index in [-0.39, 0.29) is 29.2 Å². The van der Waals surface area contributed by atoms with Crippen LogP contribution in [-0.4, -0.2) is 32.4 Å². The van der Waals surface area contributed by atoms with Gasteiger partial charge in [-0.1, -0.05) is 26.2 Å². The highest BCUT2D eigenvalue weighted by atomic mass is 32.2. The van der Waals surface area contributed by atoms with Gasteiger partial charge in [0.05, 0.1) is 11.5 Å². The van der Waals surface area contributed by atoms with Gasteiger partial charge < -0.3 is 5.32 Å². The molecular weight excluding hydrogens is 286 g/mol. The van der Waals surface area contributed by atoms with E-state index in [1.54, 1.807) is 0 Å². The number of nitrogens with one attached hydrogen (secondary N) is 1. The Labute approximate surface area is 129 Å². The van der Waals surface area contributed by atoms with Crippen LogP contribution >= 0.6 is 0 Å². The van der Waals surface area contributed by atoms with Gasteiger partial charge in [0.15, 0.2) is 9.84 Å². The first-order chi connectivity index (χ1) is 10.00. The molecule has 0 bridgehead atoms. The van der Waals surface area contributed by atoms with Crippen LogP contribution in [0.2, 0.25) is 0 Å². The third-order valence-electron chi connectivity index (χ3n) is 5.08. The van der Waals surface area contributed by atoms with E-state index in [1.165, 1.54) is 32.1 Å². The number of sulfone groups is 1. The Bertz CT molecular complexity index is 438. The van der Waals surface area contributed by atoms with E-state index in [9.17, 15) is 13.2 Å². The molecule has 5 heteroatoms. The molecule has 0 spiro atoms. The van der Waals surface area contributed by atoms with E-state index in [2.05, 4.69) is 12.2 Å². The molecule has 1 saturated heterocycles. The van der Waals surface area contributed by atoms with Crippen LogP contribution < -0.4 is 5.32 Å². The monoisotopic (exact) mass is 315 g/mol. The largest absolute Gasteiger partial charge is 0.356 e. The SMILES string of the molecule is CCCCC1CCC(C(=O)NCC2CCS(=O)(=O)C2)CC1. The molecule has 1 amide bonds. The fourth-order valence-corrected chi connectivity index (χ4v) is 5.49. The van der Waals surface area contributed by atoms with Crippen molar-refractivity contribution >= 4 is 15.7 Å². The van der Waals surface area contributed by atoms with Crippen molar-refractivity contribution in [2.24, 2.45) is 17.8 Å². The summed E-state index contributed by atoms with van der Waals surface area (Å²) in [6.45, 7) is 2.76. The number of hydrogen-bond acceptors (Lipinski definition) is 3. The maximum Gasteiger partial charge on any atom is 0.223 e. The summed E-state index contributed by atoms with van der Waals surface area (Å²) >= 11 is 0. The van der Waals surface area contributed by atoms with Gasteiger partial charge in [0.25, 0.3) is 0 Å². The Hall–Kier alpha value is -0.580. The second-order valence-electron chi connectivity index (χ2n) is 6.87. The van der Waals surface area contributed by atoms with Crippen molar-refractivity contribution in [2.75, 3.05) is 18.1 Å². The van der Waals surface area contributed by atoms with Gasteiger partial charge in [-0.15, -0.1) is 0 Å².